The van der Waals surface area contributed by atoms with Crippen LogP contribution in [-0.2, 0) is 0 Å². The van der Waals surface area contributed by atoms with E-state index >= 15 is 0 Å². The molecule has 2 rings (SSSR count). The Morgan fingerprint density at radius 1 is 1.18 bits per heavy atom. The lowest BCUT2D eigenvalue weighted by molar-refractivity contribution is 0.620. The van der Waals surface area contributed by atoms with Gasteiger partial charge in [0.05, 0.1) is 16.4 Å². The number of aromatic nitrogens is 1. The fourth-order valence-corrected chi connectivity index (χ4v) is 2.12. The average Bonchev–Trinajstić information content (AvgIpc) is 2.26. The zero-order valence-corrected chi connectivity index (χ0v) is 12.1. The maximum absolute atomic E-state index is 13.3. The molecule has 0 atom stereocenters. The smallest absolute Gasteiger partial charge is 0.137 e. The van der Waals surface area contributed by atoms with Gasteiger partial charge in [0.1, 0.15) is 5.82 Å². The molecule has 0 unspecified atom stereocenters. The van der Waals surface area contributed by atoms with E-state index in [-0.39, 0.29) is 5.82 Å². The third-order valence-corrected chi connectivity index (χ3v) is 3.29. The lowest BCUT2D eigenvalue weighted by Crippen LogP contribution is -1.95. The van der Waals surface area contributed by atoms with E-state index < -0.39 is 0 Å². The van der Waals surface area contributed by atoms with Crippen LogP contribution in [0.1, 0.15) is 5.56 Å². The molecular formula is C12H9Br2FN2. The number of halogens is 3. The Bertz CT molecular complexity index is 558. The van der Waals surface area contributed by atoms with Crippen molar-refractivity contribution in [1.82, 2.24) is 4.98 Å². The monoisotopic (exact) mass is 358 g/mol. The Balaban J connectivity index is 2.33. The largest absolute Gasteiger partial charge is 0.354 e. The van der Waals surface area contributed by atoms with Gasteiger partial charge in [-0.25, -0.2) is 4.39 Å². The molecular weight excluding hydrogens is 351 g/mol. The van der Waals surface area contributed by atoms with Gasteiger partial charge in [-0.1, -0.05) is 0 Å². The summed E-state index contributed by atoms with van der Waals surface area (Å²) in [6.07, 6.45) is 3.42. The fraction of sp³-hybridized carbons (Fsp3) is 0.0833. The van der Waals surface area contributed by atoms with Crippen molar-refractivity contribution in [2.75, 3.05) is 5.32 Å². The Labute approximate surface area is 116 Å². The van der Waals surface area contributed by atoms with E-state index in [4.69, 9.17) is 0 Å². The second-order valence-electron chi connectivity index (χ2n) is 3.60. The molecule has 0 amide bonds. The first-order valence-corrected chi connectivity index (χ1v) is 6.48. The molecule has 0 aliphatic carbocycles. The molecule has 0 radical (unpaired) electrons. The minimum absolute atomic E-state index is 0.264. The van der Waals surface area contributed by atoms with Gasteiger partial charge in [0, 0.05) is 16.4 Å². The summed E-state index contributed by atoms with van der Waals surface area (Å²) in [4.78, 5) is 4.05. The Kier molecular flexibility index (Phi) is 3.79. The minimum Gasteiger partial charge on any atom is -0.354 e. The summed E-state index contributed by atoms with van der Waals surface area (Å²) in [6, 6.07) is 5.10. The van der Waals surface area contributed by atoms with Crippen LogP contribution < -0.4 is 5.32 Å². The van der Waals surface area contributed by atoms with Crippen LogP contribution in [0, 0.1) is 12.7 Å². The zero-order valence-electron chi connectivity index (χ0n) is 8.97. The van der Waals surface area contributed by atoms with Crippen LogP contribution in [0.4, 0.5) is 15.8 Å². The van der Waals surface area contributed by atoms with Crippen molar-refractivity contribution >= 4 is 43.2 Å². The van der Waals surface area contributed by atoms with Gasteiger partial charge in [-0.05, 0) is 62.5 Å². The standard InChI is InChI=1S/C12H9Br2FN2/c1-7-2-11(15)10(14)4-12(7)17-9-3-8(13)5-16-6-9/h2-6,17H,1H3. The molecule has 88 valence electrons. The number of nitrogens with zero attached hydrogens (tertiary/aromatic N) is 1. The summed E-state index contributed by atoms with van der Waals surface area (Å²) in [7, 11) is 0. The summed E-state index contributed by atoms with van der Waals surface area (Å²) >= 11 is 6.52. The second kappa shape index (κ2) is 5.14. The normalized spacial score (nSPS) is 10.4. The summed E-state index contributed by atoms with van der Waals surface area (Å²) < 4.78 is 14.6. The Hall–Kier alpha value is -0.940. The lowest BCUT2D eigenvalue weighted by atomic mass is 10.2. The number of hydrogen-bond acceptors (Lipinski definition) is 2. The fourth-order valence-electron chi connectivity index (χ4n) is 1.42. The first-order chi connectivity index (χ1) is 8.06. The van der Waals surface area contributed by atoms with Crippen LogP contribution in [-0.4, -0.2) is 4.98 Å². The van der Waals surface area contributed by atoms with Crippen LogP contribution in [0.2, 0.25) is 0 Å². The molecule has 2 aromatic rings. The van der Waals surface area contributed by atoms with Gasteiger partial charge in [0.25, 0.3) is 0 Å². The van der Waals surface area contributed by atoms with Gasteiger partial charge in [0.15, 0.2) is 0 Å². The highest BCUT2D eigenvalue weighted by molar-refractivity contribution is 9.10. The molecule has 0 bridgehead atoms. The molecule has 1 aromatic carbocycles. The van der Waals surface area contributed by atoms with E-state index in [0.29, 0.717) is 4.47 Å². The zero-order chi connectivity index (χ0) is 12.4. The van der Waals surface area contributed by atoms with E-state index in [1.165, 1.54) is 6.07 Å². The summed E-state index contributed by atoms with van der Waals surface area (Å²) in [6.45, 7) is 1.85. The van der Waals surface area contributed by atoms with Crippen molar-refractivity contribution in [3.8, 4) is 0 Å². The molecule has 0 saturated heterocycles. The van der Waals surface area contributed by atoms with Gasteiger partial charge < -0.3 is 5.32 Å². The molecule has 17 heavy (non-hydrogen) atoms. The van der Waals surface area contributed by atoms with E-state index in [2.05, 4.69) is 42.2 Å². The predicted octanol–water partition coefficient (Wildman–Crippen LogP) is 4.80. The molecule has 0 saturated carbocycles. The van der Waals surface area contributed by atoms with Gasteiger partial charge in [-0.3, -0.25) is 4.98 Å². The highest BCUT2D eigenvalue weighted by atomic mass is 79.9. The highest BCUT2D eigenvalue weighted by Crippen LogP contribution is 2.27. The lowest BCUT2D eigenvalue weighted by Gasteiger charge is -2.10. The van der Waals surface area contributed by atoms with Crippen molar-refractivity contribution in [3.63, 3.8) is 0 Å². The number of hydrogen-bond donors (Lipinski definition) is 1. The number of rotatable bonds is 2. The van der Waals surface area contributed by atoms with E-state index in [9.17, 15) is 4.39 Å². The van der Waals surface area contributed by atoms with Gasteiger partial charge in [0.2, 0.25) is 0 Å². The van der Waals surface area contributed by atoms with Gasteiger partial charge in [-0.2, -0.15) is 0 Å². The number of anilines is 2. The Morgan fingerprint density at radius 3 is 2.65 bits per heavy atom. The molecule has 0 fully saturated rings. The second-order valence-corrected chi connectivity index (χ2v) is 5.37. The number of aryl methyl sites for hydroxylation is 1. The quantitative estimate of drug-likeness (QED) is 0.833. The molecule has 0 spiro atoms. The third-order valence-electron chi connectivity index (χ3n) is 2.25. The van der Waals surface area contributed by atoms with Crippen LogP contribution in [0.3, 0.4) is 0 Å². The van der Waals surface area contributed by atoms with Crippen molar-refractivity contribution < 1.29 is 4.39 Å². The first-order valence-electron chi connectivity index (χ1n) is 4.89. The van der Waals surface area contributed by atoms with Crippen LogP contribution in [0.5, 0.6) is 0 Å². The average molecular weight is 360 g/mol. The number of benzene rings is 1. The van der Waals surface area contributed by atoms with E-state index in [0.717, 1.165) is 21.4 Å². The van der Waals surface area contributed by atoms with Gasteiger partial charge >= 0.3 is 0 Å². The van der Waals surface area contributed by atoms with Crippen molar-refractivity contribution in [3.05, 3.63) is 50.9 Å². The maximum Gasteiger partial charge on any atom is 0.137 e. The van der Waals surface area contributed by atoms with E-state index in [1.54, 1.807) is 18.5 Å². The SMILES string of the molecule is Cc1cc(F)c(Br)cc1Nc1cncc(Br)c1. The predicted molar refractivity (Wildman–Crippen MR) is 74.1 cm³/mol. The Morgan fingerprint density at radius 2 is 1.94 bits per heavy atom. The summed E-state index contributed by atoms with van der Waals surface area (Å²) in [5.41, 5.74) is 2.53. The molecule has 1 N–H and O–H groups in total. The van der Waals surface area contributed by atoms with Gasteiger partial charge in [-0.15, -0.1) is 0 Å². The topological polar surface area (TPSA) is 24.9 Å². The third kappa shape index (κ3) is 3.04. The molecule has 1 aromatic heterocycles. The van der Waals surface area contributed by atoms with Crippen LogP contribution in [0.15, 0.2) is 39.5 Å². The van der Waals surface area contributed by atoms with Crippen LogP contribution >= 0.6 is 31.9 Å². The van der Waals surface area contributed by atoms with Crippen molar-refractivity contribution in [1.29, 1.82) is 0 Å². The number of nitrogens with one attached hydrogen (secondary N) is 1. The molecule has 5 heteroatoms. The first kappa shape index (κ1) is 12.5. The summed E-state index contributed by atoms with van der Waals surface area (Å²) in [5, 5.41) is 3.19. The minimum atomic E-state index is -0.264. The van der Waals surface area contributed by atoms with Crippen molar-refractivity contribution in [2.24, 2.45) is 0 Å². The van der Waals surface area contributed by atoms with Crippen LogP contribution in [0.25, 0.3) is 0 Å². The summed E-state index contributed by atoms with van der Waals surface area (Å²) in [5.74, 6) is -0.264. The molecule has 2 nitrogen and oxygen atoms in total. The molecule has 0 aliphatic rings. The molecule has 0 aliphatic heterocycles. The van der Waals surface area contributed by atoms with E-state index in [1.807, 2.05) is 13.0 Å². The molecule has 1 heterocycles. The van der Waals surface area contributed by atoms with Crippen molar-refractivity contribution in [2.45, 2.75) is 6.92 Å². The maximum atomic E-state index is 13.3. The number of pyridine rings is 1. The highest BCUT2D eigenvalue weighted by Gasteiger charge is 2.05.